The normalized spacial score (nSPS) is 10.4. The summed E-state index contributed by atoms with van der Waals surface area (Å²) in [6.07, 6.45) is 5.44. The SMILES string of the molecule is O=C(CCc1ccccc1O)NCCCn1cccn1. The average Bonchev–Trinajstić information content (AvgIpc) is 2.96. The highest BCUT2D eigenvalue weighted by Gasteiger charge is 2.04. The van der Waals surface area contributed by atoms with Crippen molar-refractivity contribution in [3.05, 3.63) is 48.3 Å². The van der Waals surface area contributed by atoms with Gasteiger partial charge in [0.1, 0.15) is 5.75 Å². The Kier molecular flexibility index (Phi) is 5.17. The molecule has 1 amide bonds. The highest BCUT2D eigenvalue weighted by atomic mass is 16.3. The summed E-state index contributed by atoms with van der Waals surface area (Å²) in [7, 11) is 0. The maximum Gasteiger partial charge on any atom is 0.220 e. The van der Waals surface area contributed by atoms with E-state index in [-0.39, 0.29) is 11.7 Å². The maximum atomic E-state index is 11.7. The number of amides is 1. The van der Waals surface area contributed by atoms with Gasteiger partial charge in [-0.2, -0.15) is 5.10 Å². The zero-order valence-electron chi connectivity index (χ0n) is 11.3. The molecule has 2 rings (SSSR count). The summed E-state index contributed by atoms with van der Waals surface area (Å²) in [6, 6.07) is 8.98. The molecule has 5 nitrogen and oxygen atoms in total. The van der Waals surface area contributed by atoms with E-state index in [2.05, 4.69) is 10.4 Å². The molecule has 1 aromatic carbocycles. The average molecular weight is 273 g/mol. The molecule has 106 valence electrons. The lowest BCUT2D eigenvalue weighted by Crippen LogP contribution is -2.25. The standard InChI is InChI=1S/C15H19N3O2/c19-14-6-2-1-5-13(14)7-8-15(20)16-9-3-11-18-12-4-10-17-18/h1-2,4-6,10,12,19H,3,7-9,11H2,(H,16,20). The molecule has 1 aromatic heterocycles. The first-order valence-corrected chi connectivity index (χ1v) is 6.77. The molecule has 0 bridgehead atoms. The number of carbonyl (C=O) groups is 1. The van der Waals surface area contributed by atoms with Crippen LogP contribution in [0.25, 0.3) is 0 Å². The molecule has 0 radical (unpaired) electrons. The van der Waals surface area contributed by atoms with E-state index in [0.29, 0.717) is 19.4 Å². The van der Waals surface area contributed by atoms with Crippen LogP contribution in [-0.4, -0.2) is 27.3 Å². The van der Waals surface area contributed by atoms with Gasteiger partial charge >= 0.3 is 0 Å². The lowest BCUT2D eigenvalue weighted by atomic mass is 10.1. The minimum absolute atomic E-state index is 0.00807. The Labute approximate surface area is 118 Å². The number of phenolic OH excluding ortho intramolecular Hbond substituents is 1. The predicted molar refractivity (Wildman–Crippen MR) is 76.3 cm³/mol. The first kappa shape index (κ1) is 14.1. The first-order valence-electron chi connectivity index (χ1n) is 6.77. The van der Waals surface area contributed by atoms with Crippen LogP contribution in [0.5, 0.6) is 5.75 Å². The molecule has 0 aliphatic rings. The topological polar surface area (TPSA) is 67.2 Å². The molecular weight excluding hydrogens is 254 g/mol. The fourth-order valence-electron chi connectivity index (χ4n) is 1.96. The van der Waals surface area contributed by atoms with Crippen LogP contribution >= 0.6 is 0 Å². The van der Waals surface area contributed by atoms with Crippen LogP contribution in [0.1, 0.15) is 18.4 Å². The zero-order chi connectivity index (χ0) is 14.2. The van der Waals surface area contributed by atoms with Crippen molar-refractivity contribution >= 4 is 5.91 Å². The summed E-state index contributed by atoms with van der Waals surface area (Å²) in [4.78, 5) is 11.7. The van der Waals surface area contributed by atoms with Crippen LogP contribution in [0, 0.1) is 0 Å². The summed E-state index contributed by atoms with van der Waals surface area (Å²) < 4.78 is 1.84. The number of benzene rings is 1. The molecular formula is C15H19N3O2. The molecule has 2 N–H and O–H groups in total. The van der Waals surface area contributed by atoms with Crippen molar-refractivity contribution in [2.75, 3.05) is 6.54 Å². The number of nitrogens with one attached hydrogen (secondary N) is 1. The number of aromatic hydroxyl groups is 1. The van der Waals surface area contributed by atoms with Crippen molar-refractivity contribution < 1.29 is 9.90 Å². The largest absolute Gasteiger partial charge is 0.508 e. The fraction of sp³-hybridized carbons (Fsp3) is 0.333. The Hall–Kier alpha value is -2.30. The van der Waals surface area contributed by atoms with Crippen molar-refractivity contribution in [1.82, 2.24) is 15.1 Å². The Morgan fingerprint density at radius 2 is 2.15 bits per heavy atom. The number of aryl methyl sites for hydroxylation is 2. The van der Waals surface area contributed by atoms with Crippen molar-refractivity contribution in [2.24, 2.45) is 0 Å². The second-order valence-electron chi connectivity index (χ2n) is 4.60. The highest BCUT2D eigenvalue weighted by molar-refractivity contribution is 5.76. The van der Waals surface area contributed by atoms with Crippen molar-refractivity contribution in [3.63, 3.8) is 0 Å². The lowest BCUT2D eigenvalue weighted by molar-refractivity contribution is -0.121. The zero-order valence-corrected chi connectivity index (χ0v) is 11.3. The van der Waals surface area contributed by atoms with E-state index in [1.54, 1.807) is 18.3 Å². The van der Waals surface area contributed by atoms with Crippen LogP contribution in [0.4, 0.5) is 0 Å². The van der Waals surface area contributed by atoms with Gasteiger partial charge in [-0.3, -0.25) is 9.48 Å². The molecule has 0 aliphatic carbocycles. The fourth-order valence-corrected chi connectivity index (χ4v) is 1.96. The number of phenols is 1. The van der Waals surface area contributed by atoms with Gasteiger partial charge in [-0.05, 0) is 30.5 Å². The van der Waals surface area contributed by atoms with Gasteiger partial charge in [0.05, 0.1) is 0 Å². The van der Waals surface area contributed by atoms with E-state index in [1.165, 1.54) is 0 Å². The smallest absolute Gasteiger partial charge is 0.220 e. The molecule has 0 saturated heterocycles. The molecule has 20 heavy (non-hydrogen) atoms. The second-order valence-corrected chi connectivity index (χ2v) is 4.60. The van der Waals surface area contributed by atoms with Gasteiger partial charge in [-0.25, -0.2) is 0 Å². The molecule has 1 heterocycles. The number of nitrogens with zero attached hydrogens (tertiary/aromatic N) is 2. The minimum Gasteiger partial charge on any atom is -0.508 e. The molecule has 0 spiro atoms. The van der Waals surface area contributed by atoms with Gasteiger partial charge in [0.15, 0.2) is 0 Å². The number of para-hydroxylation sites is 1. The van der Waals surface area contributed by atoms with E-state index in [1.807, 2.05) is 29.1 Å². The third kappa shape index (κ3) is 4.42. The Morgan fingerprint density at radius 1 is 1.30 bits per heavy atom. The van der Waals surface area contributed by atoms with Gasteiger partial charge < -0.3 is 10.4 Å². The van der Waals surface area contributed by atoms with Crippen molar-refractivity contribution in [3.8, 4) is 5.75 Å². The molecule has 0 unspecified atom stereocenters. The van der Waals surface area contributed by atoms with E-state index < -0.39 is 0 Å². The van der Waals surface area contributed by atoms with Gasteiger partial charge in [0, 0.05) is 31.9 Å². The van der Waals surface area contributed by atoms with Crippen LogP contribution < -0.4 is 5.32 Å². The summed E-state index contributed by atoms with van der Waals surface area (Å²) >= 11 is 0. The van der Waals surface area contributed by atoms with E-state index in [0.717, 1.165) is 18.5 Å². The monoisotopic (exact) mass is 273 g/mol. The van der Waals surface area contributed by atoms with Crippen molar-refractivity contribution in [1.29, 1.82) is 0 Å². The van der Waals surface area contributed by atoms with E-state index in [9.17, 15) is 9.90 Å². The molecule has 2 aromatic rings. The highest BCUT2D eigenvalue weighted by Crippen LogP contribution is 2.16. The molecule has 0 atom stereocenters. The first-order chi connectivity index (χ1) is 9.75. The Bertz CT molecular complexity index is 538. The maximum absolute atomic E-state index is 11.7. The number of rotatable bonds is 7. The second kappa shape index (κ2) is 7.33. The third-order valence-corrected chi connectivity index (χ3v) is 3.06. The van der Waals surface area contributed by atoms with Gasteiger partial charge in [0.25, 0.3) is 0 Å². The Balaban J connectivity index is 1.62. The van der Waals surface area contributed by atoms with Gasteiger partial charge in [-0.1, -0.05) is 18.2 Å². The number of hydrogen-bond donors (Lipinski definition) is 2. The summed E-state index contributed by atoms with van der Waals surface area (Å²) in [5, 5.41) is 16.6. The van der Waals surface area contributed by atoms with Crippen molar-refractivity contribution in [2.45, 2.75) is 25.8 Å². The number of carbonyl (C=O) groups excluding carboxylic acids is 1. The van der Waals surface area contributed by atoms with E-state index in [4.69, 9.17) is 0 Å². The predicted octanol–water partition coefficient (Wildman–Crippen LogP) is 1.73. The minimum atomic E-state index is 0.00807. The quantitative estimate of drug-likeness (QED) is 0.755. The molecule has 0 saturated carbocycles. The Morgan fingerprint density at radius 3 is 2.90 bits per heavy atom. The van der Waals surface area contributed by atoms with Crippen LogP contribution in [0.3, 0.4) is 0 Å². The van der Waals surface area contributed by atoms with Crippen LogP contribution in [0.2, 0.25) is 0 Å². The van der Waals surface area contributed by atoms with Crippen LogP contribution in [0.15, 0.2) is 42.7 Å². The summed E-state index contributed by atoms with van der Waals surface area (Å²) in [5.74, 6) is 0.257. The van der Waals surface area contributed by atoms with Gasteiger partial charge in [0.2, 0.25) is 5.91 Å². The lowest BCUT2D eigenvalue weighted by Gasteiger charge is -2.06. The molecule has 5 heteroatoms. The third-order valence-electron chi connectivity index (χ3n) is 3.06. The number of aromatic nitrogens is 2. The molecule has 0 aliphatic heterocycles. The van der Waals surface area contributed by atoms with E-state index >= 15 is 0 Å². The number of hydrogen-bond acceptors (Lipinski definition) is 3. The van der Waals surface area contributed by atoms with Gasteiger partial charge in [-0.15, -0.1) is 0 Å². The summed E-state index contributed by atoms with van der Waals surface area (Å²) in [5.41, 5.74) is 0.805. The summed E-state index contributed by atoms with van der Waals surface area (Å²) in [6.45, 7) is 1.44. The molecule has 0 fully saturated rings. The van der Waals surface area contributed by atoms with Crippen LogP contribution in [-0.2, 0) is 17.8 Å².